The van der Waals surface area contributed by atoms with Gasteiger partial charge in [-0.1, -0.05) is 30.3 Å². The molecule has 0 aliphatic rings. The highest BCUT2D eigenvalue weighted by molar-refractivity contribution is 14.1. The fourth-order valence-electron chi connectivity index (χ4n) is 1.49. The lowest BCUT2D eigenvalue weighted by atomic mass is 10.2. The maximum Gasteiger partial charge on any atom is 0.0400 e. The van der Waals surface area contributed by atoms with Crippen LogP contribution in [0.2, 0.25) is 0 Å². The quantitative estimate of drug-likeness (QED) is 0.840. The summed E-state index contributed by atoms with van der Waals surface area (Å²) in [7, 11) is 0. The van der Waals surface area contributed by atoms with Gasteiger partial charge >= 0.3 is 0 Å². The number of benzene rings is 2. The van der Waals surface area contributed by atoms with E-state index in [1.807, 2.05) is 18.2 Å². The minimum Gasteiger partial charge on any atom is -0.381 e. The van der Waals surface area contributed by atoms with Crippen molar-refractivity contribution in [3.8, 4) is 0 Å². The Morgan fingerprint density at radius 2 is 1.69 bits per heavy atom. The lowest BCUT2D eigenvalue weighted by Gasteiger charge is -2.09. The fourth-order valence-corrected chi connectivity index (χ4v) is 1.85. The highest BCUT2D eigenvalue weighted by Crippen LogP contribution is 2.15. The molecule has 0 spiro atoms. The third-order valence-electron chi connectivity index (χ3n) is 2.41. The third kappa shape index (κ3) is 2.98. The molecule has 2 heteroatoms. The molecule has 0 unspecified atom stereocenters. The van der Waals surface area contributed by atoms with Crippen LogP contribution < -0.4 is 5.32 Å². The first-order valence-corrected chi connectivity index (χ1v) is 6.23. The summed E-state index contributed by atoms with van der Waals surface area (Å²) >= 11 is 2.31. The maximum atomic E-state index is 3.98. The van der Waals surface area contributed by atoms with Gasteiger partial charge in [-0.15, -0.1) is 0 Å². The molecule has 0 aliphatic carbocycles. The number of halogens is 1. The first-order valence-electron chi connectivity index (χ1n) is 5.15. The van der Waals surface area contributed by atoms with Crippen LogP contribution in [0.5, 0.6) is 0 Å². The first-order chi connectivity index (χ1) is 7.75. The van der Waals surface area contributed by atoms with Crippen molar-refractivity contribution in [2.45, 2.75) is 6.54 Å². The second kappa shape index (κ2) is 5.34. The Morgan fingerprint density at radius 3 is 2.38 bits per heavy atom. The van der Waals surface area contributed by atoms with Gasteiger partial charge in [-0.2, -0.15) is 0 Å². The number of nitrogens with one attached hydrogen (secondary N) is 1. The van der Waals surface area contributed by atoms with Gasteiger partial charge in [0, 0.05) is 15.8 Å². The van der Waals surface area contributed by atoms with Crippen LogP contribution in [0.25, 0.3) is 0 Å². The maximum absolute atomic E-state index is 3.98. The number of rotatable bonds is 3. The zero-order valence-electron chi connectivity index (χ0n) is 8.91. The molecule has 0 fully saturated rings. The zero-order valence-corrected chi connectivity index (χ0v) is 11.1. The standard InChI is InChI=1S/C14H13IN/c1-11-4-2-3-5-14(11)16-10-12-6-8-13(15)9-7-12/h2-9,16H,1,10H2. The summed E-state index contributed by atoms with van der Waals surface area (Å²) in [6, 6.07) is 16.6. The molecule has 16 heavy (non-hydrogen) atoms. The summed E-state index contributed by atoms with van der Waals surface area (Å²) in [5, 5.41) is 3.38. The van der Waals surface area contributed by atoms with Gasteiger partial charge in [-0.3, -0.25) is 0 Å². The van der Waals surface area contributed by atoms with E-state index in [1.165, 1.54) is 9.13 Å². The van der Waals surface area contributed by atoms with Gasteiger partial charge in [0.2, 0.25) is 0 Å². The summed E-state index contributed by atoms with van der Waals surface area (Å²) in [4.78, 5) is 0. The monoisotopic (exact) mass is 322 g/mol. The minimum absolute atomic E-state index is 0.837. The molecule has 0 aromatic heterocycles. The lowest BCUT2D eigenvalue weighted by molar-refractivity contribution is 1.14. The number of hydrogen-bond acceptors (Lipinski definition) is 1. The summed E-state index contributed by atoms with van der Waals surface area (Å²) in [5.41, 5.74) is 3.41. The minimum atomic E-state index is 0.837. The molecular weight excluding hydrogens is 309 g/mol. The Morgan fingerprint density at radius 1 is 1.00 bits per heavy atom. The van der Waals surface area contributed by atoms with Gasteiger partial charge in [-0.25, -0.2) is 0 Å². The van der Waals surface area contributed by atoms with Crippen LogP contribution in [-0.2, 0) is 6.54 Å². The van der Waals surface area contributed by atoms with Gasteiger partial charge in [0.05, 0.1) is 0 Å². The summed E-state index contributed by atoms with van der Waals surface area (Å²) in [6.45, 7) is 4.82. The van der Waals surface area contributed by atoms with Gasteiger partial charge in [-0.05, 0) is 58.8 Å². The molecule has 2 aromatic carbocycles. The van der Waals surface area contributed by atoms with E-state index in [2.05, 4.69) is 65.2 Å². The normalized spacial score (nSPS) is 10.1. The van der Waals surface area contributed by atoms with Crippen molar-refractivity contribution in [2.75, 3.05) is 5.32 Å². The van der Waals surface area contributed by atoms with Crippen molar-refractivity contribution in [3.63, 3.8) is 0 Å². The fraction of sp³-hybridized carbons (Fsp3) is 0.0714. The predicted molar refractivity (Wildman–Crippen MR) is 77.4 cm³/mol. The van der Waals surface area contributed by atoms with Gasteiger partial charge in [0.15, 0.2) is 0 Å². The van der Waals surface area contributed by atoms with E-state index in [0.29, 0.717) is 0 Å². The molecule has 0 heterocycles. The number of para-hydroxylation sites is 1. The van der Waals surface area contributed by atoms with Crippen LogP contribution in [0.15, 0.2) is 48.5 Å². The molecule has 0 amide bonds. The molecule has 2 rings (SSSR count). The molecule has 81 valence electrons. The van der Waals surface area contributed by atoms with E-state index >= 15 is 0 Å². The van der Waals surface area contributed by atoms with E-state index in [-0.39, 0.29) is 0 Å². The summed E-state index contributed by atoms with van der Waals surface area (Å²) in [6.07, 6.45) is 0. The van der Waals surface area contributed by atoms with E-state index in [4.69, 9.17) is 0 Å². The average molecular weight is 322 g/mol. The topological polar surface area (TPSA) is 12.0 Å². The first kappa shape index (κ1) is 11.5. The number of hydrogen-bond donors (Lipinski definition) is 1. The average Bonchev–Trinajstić information content (AvgIpc) is 2.30. The Labute approximate surface area is 110 Å². The molecule has 1 N–H and O–H groups in total. The predicted octanol–water partition coefficient (Wildman–Crippen LogP) is 4.09. The molecule has 0 saturated heterocycles. The smallest absolute Gasteiger partial charge is 0.0400 e. The highest BCUT2D eigenvalue weighted by Gasteiger charge is 1.96. The van der Waals surface area contributed by atoms with E-state index in [0.717, 1.165) is 17.8 Å². The summed E-state index contributed by atoms with van der Waals surface area (Å²) in [5.74, 6) is 0. The Kier molecular flexibility index (Phi) is 3.83. The Bertz CT molecular complexity index is 462. The Balaban J connectivity index is 2.02. The van der Waals surface area contributed by atoms with Crippen molar-refractivity contribution >= 4 is 28.3 Å². The van der Waals surface area contributed by atoms with Crippen molar-refractivity contribution in [3.05, 3.63) is 70.2 Å². The molecule has 0 atom stereocenters. The van der Waals surface area contributed by atoms with E-state index in [9.17, 15) is 0 Å². The SMILES string of the molecule is [CH2]c1ccccc1NCc1ccc(I)cc1. The van der Waals surface area contributed by atoms with E-state index < -0.39 is 0 Å². The second-order valence-electron chi connectivity index (χ2n) is 3.64. The molecular formula is C14H13IN. The molecule has 0 aliphatic heterocycles. The van der Waals surface area contributed by atoms with Gasteiger partial charge in [0.25, 0.3) is 0 Å². The van der Waals surface area contributed by atoms with Crippen LogP contribution in [0.3, 0.4) is 0 Å². The van der Waals surface area contributed by atoms with Crippen molar-refractivity contribution in [1.29, 1.82) is 0 Å². The largest absolute Gasteiger partial charge is 0.381 e. The van der Waals surface area contributed by atoms with Gasteiger partial charge < -0.3 is 5.32 Å². The van der Waals surface area contributed by atoms with Crippen LogP contribution in [0.1, 0.15) is 11.1 Å². The van der Waals surface area contributed by atoms with Crippen LogP contribution in [0.4, 0.5) is 5.69 Å². The van der Waals surface area contributed by atoms with Crippen LogP contribution in [-0.4, -0.2) is 0 Å². The van der Waals surface area contributed by atoms with Crippen LogP contribution in [0, 0.1) is 10.5 Å². The molecule has 1 radical (unpaired) electrons. The number of anilines is 1. The molecule has 0 saturated carbocycles. The van der Waals surface area contributed by atoms with E-state index in [1.54, 1.807) is 0 Å². The zero-order chi connectivity index (χ0) is 11.4. The Hall–Kier alpha value is -1.03. The molecule has 1 nitrogen and oxygen atoms in total. The van der Waals surface area contributed by atoms with Crippen molar-refractivity contribution < 1.29 is 0 Å². The summed E-state index contributed by atoms with van der Waals surface area (Å²) < 4.78 is 1.26. The second-order valence-corrected chi connectivity index (χ2v) is 4.88. The molecule has 0 bridgehead atoms. The molecule has 2 aromatic rings. The van der Waals surface area contributed by atoms with Gasteiger partial charge in [0.1, 0.15) is 0 Å². The third-order valence-corrected chi connectivity index (χ3v) is 3.13. The van der Waals surface area contributed by atoms with Crippen molar-refractivity contribution in [2.24, 2.45) is 0 Å². The van der Waals surface area contributed by atoms with Crippen molar-refractivity contribution in [1.82, 2.24) is 0 Å². The lowest BCUT2D eigenvalue weighted by Crippen LogP contribution is -2.00. The highest BCUT2D eigenvalue weighted by atomic mass is 127. The van der Waals surface area contributed by atoms with Crippen LogP contribution >= 0.6 is 22.6 Å².